The third-order valence-corrected chi connectivity index (χ3v) is 4.34. The Hall–Kier alpha value is -2.54. The lowest BCUT2D eigenvalue weighted by Gasteiger charge is -2.07. The van der Waals surface area contributed by atoms with Crippen molar-refractivity contribution in [2.24, 2.45) is 5.92 Å². The molecule has 3 rings (SSSR count). The number of hydrogen-bond acceptors (Lipinski definition) is 3. The van der Waals surface area contributed by atoms with Crippen LogP contribution in [0, 0.1) is 17.8 Å². The first-order valence-corrected chi connectivity index (χ1v) is 8.52. The maximum atomic E-state index is 11.8. The third-order valence-electron chi connectivity index (χ3n) is 4.34. The van der Waals surface area contributed by atoms with Crippen molar-refractivity contribution in [3.05, 3.63) is 36.5 Å². The van der Waals surface area contributed by atoms with Gasteiger partial charge in [-0.05, 0) is 30.9 Å². The number of carbonyl (C=O) groups is 1. The third kappa shape index (κ3) is 4.48. The lowest BCUT2D eigenvalue weighted by molar-refractivity contribution is -0.121. The number of benzene rings is 1. The monoisotopic (exact) mass is 322 g/mol. The first-order valence-electron chi connectivity index (χ1n) is 8.52. The summed E-state index contributed by atoms with van der Waals surface area (Å²) < 4.78 is 5.69. The van der Waals surface area contributed by atoms with Crippen LogP contribution < -0.4 is 10.1 Å². The quantitative estimate of drug-likeness (QED) is 0.859. The molecule has 1 N–H and O–H groups in total. The summed E-state index contributed by atoms with van der Waals surface area (Å²) in [5, 5.41) is 3.90. The molecule has 1 fully saturated rings. The molecule has 1 heterocycles. The highest BCUT2D eigenvalue weighted by molar-refractivity contribution is 5.84. The molecule has 1 saturated carbocycles. The normalized spacial score (nSPS) is 14.2. The van der Waals surface area contributed by atoms with Gasteiger partial charge in [0.2, 0.25) is 5.91 Å². The van der Waals surface area contributed by atoms with E-state index in [9.17, 15) is 4.79 Å². The average Bonchev–Trinajstić information content (AvgIpc) is 3.11. The maximum Gasteiger partial charge on any atom is 0.221 e. The molecule has 0 spiro atoms. The van der Waals surface area contributed by atoms with E-state index in [-0.39, 0.29) is 12.5 Å². The molecular formula is C20H22N2O2. The molecule has 24 heavy (non-hydrogen) atoms. The van der Waals surface area contributed by atoms with Gasteiger partial charge in [0.15, 0.2) is 0 Å². The van der Waals surface area contributed by atoms with Gasteiger partial charge < -0.3 is 10.1 Å². The number of carbonyl (C=O) groups excluding carboxylic acids is 1. The number of amides is 1. The Morgan fingerprint density at radius 3 is 2.92 bits per heavy atom. The predicted octanol–water partition coefficient (Wildman–Crippen LogP) is 3.31. The van der Waals surface area contributed by atoms with Crippen LogP contribution >= 0.6 is 0 Å². The van der Waals surface area contributed by atoms with E-state index in [2.05, 4.69) is 22.1 Å². The molecule has 1 aromatic heterocycles. The van der Waals surface area contributed by atoms with E-state index < -0.39 is 0 Å². The van der Waals surface area contributed by atoms with Gasteiger partial charge in [0.25, 0.3) is 0 Å². The van der Waals surface area contributed by atoms with Crippen molar-refractivity contribution in [1.82, 2.24) is 10.3 Å². The molecule has 1 amide bonds. The minimum absolute atomic E-state index is 0.107. The molecule has 0 unspecified atom stereocenters. The van der Waals surface area contributed by atoms with Gasteiger partial charge >= 0.3 is 0 Å². The van der Waals surface area contributed by atoms with Gasteiger partial charge in [-0.3, -0.25) is 9.78 Å². The second-order valence-corrected chi connectivity index (χ2v) is 6.10. The van der Waals surface area contributed by atoms with Crippen molar-refractivity contribution in [1.29, 1.82) is 0 Å². The molecule has 1 aliphatic carbocycles. The van der Waals surface area contributed by atoms with Crippen LogP contribution in [0.3, 0.4) is 0 Å². The maximum absolute atomic E-state index is 11.8. The molecular weight excluding hydrogens is 300 g/mol. The minimum atomic E-state index is 0.107. The van der Waals surface area contributed by atoms with E-state index >= 15 is 0 Å². The van der Waals surface area contributed by atoms with Crippen LogP contribution in [0.4, 0.5) is 0 Å². The lowest BCUT2D eigenvalue weighted by atomic mass is 10.0. The van der Waals surface area contributed by atoms with Crippen molar-refractivity contribution in [3.63, 3.8) is 0 Å². The summed E-state index contributed by atoms with van der Waals surface area (Å²) in [5.74, 6) is 7.27. The van der Waals surface area contributed by atoms with Gasteiger partial charge in [0.1, 0.15) is 17.9 Å². The smallest absolute Gasteiger partial charge is 0.221 e. The van der Waals surface area contributed by atoms with Crippen LogP contribution in [-0.2, 0) is 4.79 Å². The first kappa shape index (κ1) is 16.3. The summed E-state index contributed by atoms with van der Waals surface area (Å²) in [6.07, 6.45) is 7.29. The fourth-order valence-electron chi connectivity index (χ4n) is 3.11. The zero-order valence-electron chi connectivity index (χ0n) is 13.8. The molecule has 0 saturated heterocycles. The molecule has 0 atom stereocenters. The van der Waals surface area contributed by atoms with Crippen LogP contribution in [0.25, 0.3) is 10.9 Å². The molecule has 1 aliphatic rings. The van der Waals surface area contributed by atoms with Crippen molar-refractivity contribution >= 4 is 16.8 Å². The fraction of sp³-hybridized carbons (Fsp3) is 0.400. The van der Waals surface area contributed by atoms with Crippen molar-refractivity contribution < 1.29 is 9.53 Å². The van der Waals surface area contributed by atoms with E-state index in [1.165, 1.54) is 25.7 Å². The largest absolute Gasteiger partial charge is 0.479 e. The van der Waals surface area contributed by atoms with Gasteiger partial charge in [0, 0.05) is 18.0 Å². The van der Waals surface area contributed by atoms with Crippen LogP contribution in [0.15, 0.2) is 36.5 Å². The second kappa shape index (κ2) is 8.35. The van der Waals surface area contributed by atoms with Crippen LogP contribution in [-0.4, -0.2) is 24.0 Å². The molecule has 0 bridgehead atoms. The van der Waals surface area contributed by atoms with E-state index in [0.29, 0.717) is 18.9 Å². The number of ether oxygens (including phenoxy) is 1. The average molecular weight is 322 g/mol. The predicted molar refractivity (Wildman–Crippen MR) is 94.6 cm³/mol. The van der Waals surface area contributed by atoms with Gasteiger partial charge in [0.05, 0.1) is 6.54 Å². The van der Waals surface area contributed by atoms with E-state index in [1.807, 2.05) is 30.3 Å². The number of pyridine rings is 1. The van der Waals surface area contributed by atoms with Crippen LogP contribution in [0.2, 0.25) is 0 Å². The Labute approximate surface area is 142 Å². The molecule has 2 aromatic rings. The highest BCUT2D eigenvalue weighted by Gasteiger charge is 2.17. The van der Waals surface area contributed by atoms with E-state index in [1.54, 1.807) is 6.20 Å². The summed E-state index contributed by atoms with van der Waals surface area (Å²) in [6, 6.07) is 9.73. The zero-order chi connectivity index (χ0) is 16.6. The van der Waals surface area contributed by atoms with Gasteiger partial charge in [-0.15, -0.1) is 0 Å². The van der Waals surface area contributed by atoms with Crippen LogP contribution in [0.1, 0.15) is 32.1 Å². The summed E-state index contributed by atoms with van der Waals surface area (Å²) in [4.78, 5) is 16.1. The SMILES string of the molecule is O=C(CC1CCCC1)NCC#CCOc1cccc2cccnc12. The standard InChI is InChI=1S/C20H22N2O2/c23-19(15-16-7-1-2-8-16)21-12-3-4-14-24-18-11-5-9-17-10-6-13-22-20(17)18/h5-6,9-11,13,16H,1-2,7-8,12,14-15H2,(H,21,23). The Bertz CT molecular complexity index is 750. The lowest BCUT2D eigenvalue weighted by Crippen LogP contribution is -2.25. The Kier molecular flexibility index (Phi) is 5.68. The highest BCUT2D eigenvalue weighted by atomic mass is 16.5. The number of para-hydroxylation sites is 1. The number of nitrogens with zero attached hydrogens (tertiary/aromatic N) is 1. The highest BCUT2D eigenvalue weighted by Crippen LogP contribution is 2.27. The number of aromatic nitrogens is 1. The van der Waals surface area contributed by atoms with E-state index in [0.717, 1.165) is 16.7 Å². The van der Waals surface area contributed by atoms with Gasteiger partial charge in [-0.25, -0.2) is 0 Å². The number of hydrogen-bond donors (Lipinski definition) is 1. The Balaban J connectivity index is 1.42. The number of nitrogens with one attached hydrogen (secondary N) is 1. The van der Waals surface area contributed by atoms with Crippen molar-refractivity contribution in [3.8, 4) is 17.6 Å². The molecule has 0 aliphatic heterocycles. The fourth-order valence-corrected chi connectivity index (χ4v) is 3.11. The summed E-state index contributed by atoms with van der Waals surface area (Å²) in [7, 11) is 0. The Morgan fingerprint density at radius 2 is 2.04 bits per heavy atom. The van der Waals surface area contributed by atoms with Crippen molar-refractivity contribution in [2.75, 3.05) is 13.2 Å². The van der Waals surface area contributed by atoms with Gasteiger partial charge in [-0.1, -0.05) is 42.9 Å². The summed E-state index contributed by atoms with van der Waals surface area (Å²) >= 11 is 0. The summed E-state index contributed by atoms with van der Waals surface area (Å²) in [6.45, 7) is 0.664. The number of fused-ring (bicyclic) bond motifs is 1. The topological polar surface area (TPSA) is 51.2 Å². The van der Waals surface area contributed by atoms with Crippen molar-refractivity contribution in [2.45, 2.75) is 32.1 Å². The molecule has 0 radical (unpaired) electrons. The first-order chi connectivity index (χ1) is 11.8. The zero-order valence-corrected chi connectivity index (χ0v) is 13.8. The molecule has 4 heteroatoms. The minimum Gasteiger partial charge on any atom is -0.479 e. The Morgan fingerprint density at radius 1 is 1.21 bits per heavy atom. The summed E-state index contributed by atoms with van der Waals surface area (Å²) in [5.41, 5.74) is 0.840. The molecule has 124 valence electrons. The molecule has 1 aromatic carbocycles. The van der Waals surface area contributed by atoms with Crippen LogP contribution in [0.5, 0.6) is 5.75 Å². The van der Waals surface area contributed by atoms with Gasteiger partial charge in [-0.2, -0.15) is 0 Å². The van der Waals surface area contributed by atoms with E-state index in [4.69, 9.17) is 4.74 Å². The second-order valence-electron chi connectivity index (χ2n) is 6.10. The number of rotatable bonds is 5. The molecule has 4 nitrogen and oxygen atoms in total.